The lowest BCUT2D eigenvalue weighted by molar-refractivity contribution is 0.672. The Kier molecular flexibility index (Phi) is 8.19. The molecule has 0 bridgehead atoms. The maximum absolute atomic E-state index is 9.85. The minimum absolute atomic E-state index is 0.129. The van der Waals surface area contributed by atoms with Gasteiger partial charge < -0.3 is 9.32 Å². The van der Waals surface area contributed by atoms with Gasteiger partial charge in [-0.1, -0.05) is 200 Å². The largest absolute Gasteiger partial charge is 0.455 e. The highest BCUT2D eigenvalue weighted by molar-refractivity contribution is 6.19. The van der Waals surface area contributed by atoms with E-state index in [-0.39, 0.29) is 35.4 Å². The van der Waals surface area contributed by atoms with Crippen molar-refractivity contribution in [2.45, 2.75) is 0 Å². The predicted octanol–water partition coefficient (Wildman–Crippen LogP) is 17.7. The van der Waals surface area contributed by atoms with Crippen molar-refractivity contribution in [3.05, 3.63) is 249 Å². The molecule has 0 aliphatic heterocycles. The van der Waals surface area contributed by atoms with Crippen LogP contribution in [0.4, 0.5) is 17.1 Å². The second kappa shape index (κ2) is 15.8. The summed E-state index contributed by atoms with van der Waals surface area (Å²) in [4.78, 5) is 1.87. The van der Waals surface area contributed by atoms with Crippen LogP contribution in [0.5, 0.6) is 0 Å². The van der Waals surface area contributed by atoms with Crippen LogP contribution in [0, 0.1) is 0 Å². The number of hydrogen-bond donors (Lipinski definition) is 0. The molecule has 0 saturated heterocycles. The third-order valence-corrected chi connectivity index (χ3v) is 12.4. The molecule has 2 heteroatoms. The minimum Gasteiger partial charge on any atom is -0.455 e. The molecule has 2 nitrogen and oxygen atoms in total. The van der Waals surface area contributed by atoms with Crippen LogP contribution in [0.25, 0.3) is 99.1 Å². The van der Waals surface area contributed by atoms with E-state index in [0.717, 1.165) is 66.1 Å². The zero-order valence-electron chi connectivity index (χ0n) is 38.7. The van der Waals surface area contributed by atoms with Gasteiger partial charge in [-0.2, -0.15) is 0 Å². The van der Waals surface area contributed by atoms with Crippen molar-refractivity contribution in [3.63, 3.8) is 0 Å². The molecule has 1 heterocycles. The third kappa shape index (κ3) is 6.61. The molecule has 0 aliphatic rings. The summed E-state index contributed by atoms with van der Waals surface area (Å²) in [7, 11) is 0. The van der Waals surface area contributed by atoms with Crippen LogP contribution >= 0.6 is 0 Å². The maximum atomic E-state index is 9.85. The van der Waals surface area contributed by atoms with Crippen LogP contribution in [0.3, 0.4) is 0 Å². The Hall–Kier alpha value is -8.46. The number of benzene rings is 11. The number of anilines is 3. The van der Waals surface area contributed by atoms with E-state index in [1.807, 2.05) is 102 Å². The van der Waals surface area contributed by atoms with Gasteiger partial charge in [-0.05, 0) is 120 Å². The molecule has 0 N–H and O–H groups in total. The van der Waals surface area contributed by atoms with Gasteiger partial charge >= 0.3 is 0 Å². The topological polar surface area (TPSA) is 16.4 Å². The summed E-state index contributed by atoms with van der Waals surface area (Å²) in [6.45, 7) is 0. The highest BCUT2D eigenvalue weighted by atomic mass is 16.3. The first-order chi connectivity index (χ1) is 33.4. The average molecular weight is 820 g/mol. The fourth-order valence-electron chi connectivity index (χ4n) is 9.22. The van der Waals surface area contributed by atoms with Crippen molar-refractivity contribution < 1.29 is 9.90 Å². The Labute approximate surface area is 378 Å². The molecule has 64 heavy (non-hydrogen) atoms. The lowest BCUT2D eigenvalue weighted by atomic mass is 9.91. The molecular weight excluding hydrogens is 775 g/mol. The maximum Gasteiger partial charge on any atom is 0.143 e. The van der Waals surface area contributed by atoms with Gasteiger partial charge in [-0.15, -0.1) is 0 Å². The third-order valence-electron chi connectivity index (χ3n) is 12.4. The molecule has 1 aromatic heterocycles. The van der Waals surface area contributed by atoms with Gasteiger partial charge in [-0.3, -0.25) is 0 Å². The second-order valence-electron chi connectivity index (χ2n) is 16.1. The van der Waals surface area contributed by atoms with Crippen LogP contribution in [0.1, 0.15) is 5.48 Å². The van der Waals surface area contributed by atoms with Crippen molar-refractivity contribution in [3.8, 4) is 55.6 Å². The van der Waals surface area contributed by atoms with E-state index < -0.39 is 0 Å². The van der Waals surface area contributed by atoms with Crippen LogP contribution in [-0.4, -0.2) is 0 Å². The Morgan fingerprint density at radius 2 is 0.891 bits per heavy atom. The van der Waals surface area contributed by atoms with E-state index in [2.05, 4.69) is 127 Å². The van der Waals surface area contributed by atoms with Crippen molar-refractivity contribution in [1.29, 1.82) is 0 Å². The first-order valence-corrected chi connectivity index (χ1v) is 21.6. The number of furan rings is 1. The van der Waals surface area contributed by atoms with Crippen LogP contribution in [-0.2, 0) is 0 Å². The number of nitrogens with zero attached hydrogens (tertiary/aromatic N) is 1. The summed E-state index contributed by atoms with van der Waals surface area (Å²) in [5, 5.41) is 6.15. The minimum atomic E-state index is -0.155. The number of hydrogen-bond acceptors (Lipinski definition) is 2. The Bertz CT molecular complexity index is 3850. The van der Waals surface area contributed by atoms with Crippen LogP contribution in [0.2, 0.25) is 0 Å². The monoisotopic (exact) mass is 819 g/mol. The highest BCUT2D eigenvalue weighted by Gasteiger charge is 2.21. The van der Waals surface area contributed by atoms with E-state index in [0.29, 0.717) is 22.5 Å². The normalized spacial score (nSPS) is 12.3. The summed E-state index contributed by atoms with van der Waals surface area (Å²) in [5.41, 5.74) is 12.1. The second-order valence-corrected chi connectivity index (χ2v) is 16.1. The number of fused-ring (bicyclic) bond motifs is 6. The summed E-state index contributed by atoms with van der Waals surface area (Å²) in [6, 6.07) is 75.3. The average Bonchev–Trinajstić information content (AvgIpc) is 3.80. The molecule has 0 amide bonds. The van der Waals surface area contributed by atoms with Crippen molar-refractivity contribution in [1.82, 2.24) is 0 Å². The standard InChI is InChI=1S/C62H41NO/c1-3-13-45(14-4-1)55-39-34-50(41-58(55)47-15-5-2-6-16-47)44-31-37-52(38-32-44)63(59-23-12-24-60-61(59)57-40-33-48-18-8-10-21-56(48)62(57)64-60)51-35-29-43(30-36-51)42-25-27-49(28-26-42)54-22-11-19-46-17-7-9-20-53(46)54/h1-41H/i31D,32D,37D,38D. The lowest BCUT2D eigenvalue weighted by Crippen LogP contribution is -2.10. The Morgan fingerprint density at radius 3 is 1.62 bits per heavy atom. The summed E-state index contributed by atoms with van der Waals surface area (Å²) in [6.07, 6.45) is 0. The lowest BCUT2D eigenvalue weighted by Gasteiger charge is -2.26. The summed E-state index contributed by atoms with van der Waals surface area (Å²) >= 11 is 0. The molecular formula is C62H41NO. The van der Waals surface area contributed by atoms with Gasteiger partial charge in [0.2, 0.25) is 0 Å². The molecule has 300 valence electrons. The van der Waals surface area contributed by atoms with E-state index in [1.54, 1.807) is 0 Å². The van der Waals surface area contributed by atoms with E-state index in [1.165, 1.54) is 16.3 Å². The van der Waals surface area contributed by atoms with Crippen LogP contribution < -0.4 is 4.90 Å². The van der Waals surface area contributed by atoms with Crippen molar-refractivity contribution in [2.24, 2.45) is 0 Å². The van der Waals surface area contributed by atoms with E-state index in [4.69, 9.17) is 4.42 Å². The fourth-order valence-corrected chi connectivity index (χ4v) is 9.22. The van der Waals surface area contributed by atoms with Gasteiger partial charge in [0.05, 0.1) is 16.6 Å². The molecule has 0 saturated carbocycles. The van der Waals surface area contributed by atoms with E-state index in [9.17, 15) is 5.48 Å². The first kappa shape index (κ1) is 33.2. The number of rotatable bonds is 8. The van der Waals surface area contributed by atoms with Gasteiger partial charge in [0.25, 0.3) is 0 Å². The molecule has 0 aliphatic carbocycles. The zero-order chi connectivity index (χ0) is 45.9. The zero-order valence-corrected chi connectivity index (χ0v) is 34.7. The smallest absolute Gasteiger partial charge is 0.143 e. The fraction of sp³-hybridized carbons (Fsp3) is 0. The summed E-state index contributed by atoms with van der Waals surface area (Å²) < 4.78 is 45.8. The summed E-state index contributed by atoms with van der Waals surface area (Å²) in [5.74, 6) is 0. The highest BCUT2D eigenvalue weighted by Crippen LogP contribution is 2.45. The molecule has 0 radical (unpaired) electrons. The van der Waals surface area contributed by atoms with Crippen molar-refractivity contribution in [2.75, 3.05) is 4.90 Å². The molecule has 12 aromatic rings. The first-order valence-electron chi connectivity index (χ1n) is 23.6. The van der Waals surface area contributed by atoms with E-state index >= 15 is 0 Å². The predicted molar refractivity (Wildman–Crippen MR) is 271 cm³/mol. The quantitative estimate of drug-likeness (QED) is 0.152. The molecule has 0 fully saturated rings. The molecule has 0 unspecified atom stereocenters. The molecule has 11 aromatic carbocycles. The van der Waals surface area contributed by atoms with Crippen LogP contribution in [0.15, 0.2) is 253 Å². The van der Waals surface area contributed by atoms with Gasteiger partial charge in [-0.25, -0.2) is 0 Å². The SMILES string of the molecule is [2H]c1c([2H])c(N(c2ccc(-c3ccc(-c4cccc5ccccc45)cc3)cc2)c2cccc3oc4c5ccccc5ccc4c23)c([2H])c([2H])c1-c1ccc(-c2ccccc2)c(-c2ccccc2)c1. The Morgan fingerprint density at radius 1 is 0.328 bits per heavy atom. The van der Waals surface area contributed by atoms with Gasteiger partial charge in [0.1, 0.15) is 11.2 Å². The van der Waals surface area contributed by atoms with Crippen molar-refractivity contribution >= 4 is 60.5 Å². The van der Waals surface area contributed by atoms with Gasteiger partial charge in [0.15, 0.2) is 0 Å². The Balaban J connectivity index is 1.02. The molecule has 0 atom stereocenters. The molecule has 12 rings (SSSR count). The van der Waals surface area contributed by atoms with Gasteiger partial charge in [0, 0.05) is 22.1 Å². The molecule has 0 spiro atoms.